The quantitative estimate of drug-likeness (QED) is 0.414. The summed E-state index contributed by atoms with van der Waals surface area (Å²) in [5.74, 6) is 2.04. The summed E-state index contributed by atoms with van der Waals surface area (Å²) in [5, 5.41) is 16.2. The molecule has 9 heteroatoms. The molecule has 29 heavy (non-hydrogen) atoms. The van der Waals surface area contributed by atoms with Gasteiger partial charge in [-0.25, -0.2) is 4.68 Å². The maximum atomic E-state index is 12.8. The Morgan fingerprint density at radius 1 is 1.38 bits per heavy atom. The standard InChI is InChI=1S/C20H26N6O2S/c1-6-11-25-18(16-9-12-28-14(16)4)23-24-20(25)29-15(5)19(27)22-17-8-10-21-26(17)13(3)7-2/h6,8-10,12-13,15H,1,7,11H2,2-5H3,(H,22,27)/t13-,15-/m1/s1. The average molecular weight is 415 g/mol. The first-order valence-electron chi connectivity index (χ1n) is 9.55. The second kappa shape index (κ2) is 9.13. The minimum atomic E-state index is -0.374. The molecule has 3 aromatic heterocycles. The molecule has 0 bridgehead atoms. The average Bonchev–Trinajstić information content (AvgIpc) is 3.42. The number of anilines is 1. The number of rotatable bonds is 9. The summed E-state index contributed by atoms with van der Waals surface area (Å²) in [4.78, 5) is 12.8. The zero-order chi connectivity index (χ0) is 21.0. The van der Waals surface area contributed by atoms with Crippen LogP contribution in [0.2, 0.25) is 0 Å². The highest BCUT2D eigenvalue weighted by Crippen LogP contribution is 2.29. The summed E-state index contributed by atoms with van der Waals surface area (Å²) in [6.07, 6.45) is 6.03. The van der Waals surface area contributed by atoms with Crippen LogP contribution >= 0.6 is 11.8 Å². The zero-order valence-electron chi connectivity index (χ0n) is 17.1. The molecule has 0 saturated heterocycles. The van der Waals surface area contributed by atoms with Gasteiger partial charge in [0.1, 0.15) is 11.6 Å². The van der Waals surface area contributed by atoms with Crippen LogP contribution in [0.25, 0.3) is 11.4 Å². The predicted octanol–water partition coefficient (Wildman–Crippen LogP) is 4.32. The Bertz CT molecular complexity index is 989. The Balaban J connectivity index is 1.77. The number of carbonyl (C=O) groups excluding carboxylic acids is 1. The van der Waals surface area contributed by atoms with Crippen molar-refractivity contribution in [2.75, 3.05) is 5.32 Å². The second-order valence-electron chi connectivity index (χ2n) is 6.76. The first kappa shape index (κ1) is 20.9. The van der Waals surface area contributed by atoms with Gasteiger partial charge >= 0.3 is 0 Å². The molecule has 0 radical (unpaired) electrons. The molecule has 3 aromatic rings. The van der Waals surface area contributed by atoms with E-state index in [2.05, 4.69) is 41.0 Å². The van der Waals surface area contributed by atoms with E-state index in [9.17, 15) is 4.79 Å². The van der Waals surface area contributed by atoms with Crippen molar-refractivity contribution >= 4 is 23.5 Å². The van der Waals surface area contributed by atoms with Crippen molar-refractivity contribution in [3.05, 3.63) is 43.0 Å². The lowest BCUT2D eigenvalue weighted by atomic mass is 10.2. The van der Waals surface area contributed by atoms with Crippen LogP contribution in [0.5, 0.6) is 0 Å². The van der Waals surface area contributed by atoms with Gasteiger partial charge in [-0.2, -0.15) is 5.10 Å². The van der Waals surface area contributed by atoms with E-state index in [1.54, 1.807) is 24.6 Å². The van der Waals surface area contributed by atoms with Crippen molar-refractivity contribution in [2.45, 2.75) is 57.1 Å². The van der Waals surface area contributed by atoms with Gasteiger partial charge in [-0.05, 0) is 33.3 Å². The topological polar surface area (TPSA) is 90.8 Å². The molecular formula is C20H26N6O2S. The normalized spacial score (nSPS) is 13.2. The third-order valence-electron chi connectivity index (χ3n) is 4.71. The Kier molecular flexibility index (Phi) is 6.58. The van der Waals surface area contributed by atoms with Crippen molar-refractivity contribution < 1.29 is 9.21 Å². The molecule has 0 aliphatic rings. The number of allylic oxidation sites excluding steroid dienone is 1. The molecule has 0 aliphatic heterocycles. The van der Waals surface area contributed by atoms with Gasteiger partial charge in [0.15, 0.2) is 11.0 Å². The molecule has 0 aromatic carbocycles. The first-order chi connectivity index (χ1) is 14.0. The van der Waals surface area contributed by atoms with Crippen LogP contribution in [0.1, 0.15) is 39.0 Å². The fourth-order valence-electron chi connectivity index (χ4n) is 2.86. The monoisotopic (exact) mass is 414 g/mol. The van der Waals surface area contributed by atoms with E-state index in [1.165, 1.54) is 11.8 Å². The number of nitrogens with zero attached hydrogens (tertiary/aromatic N) is 5. The minimum Gasteiger partial charge on any atom is -0.469 e. The zero-order valence-corrected chi connectivity index (χ0v) is 17.9. The minimum absolute atomic E-state index is 0.116. The largest absolute Gasteiger partial charge is 0.469 e. The van der Waals surface area contributed by atoms with Crippen molar-refractivity contribution in [3.8, 4) is 11.4 Å². The molecule has 3 rings (SSSR count). The van der Waals surface area contributed by atoms with E-state index in [0.717, 1.165) is 17.7 Å². The molecule has 0 spiro atoms. The smallest absolute Gasteiger partial charge is 0.238 e. The van der Waals surface area contributed by atoms with E-state index in [-0.39, 0.29) is 17.2 Å². The number of aryl methyl sites for hydroxylation is 1. The number of carbonyl (C=O) groups is 1. The van der Waals surface area contributed by atoms with Gasteiger partial charge in [0, 0.05) is 12.6 Å². The number of hydrogen-bond donors (Lipinski definition) is 1. The van der Waals surface area contributed by atoms with Gasteiger partial charge in [-0.15, -0.1) is 16.8 Å². The summed E-state index contributed by atoms with van der Waals surface area (Å²) >= 11 is 1.35. The van der Waals surface area contributed by atoms with Crippen LogP contribution in [-0.2, 0) is 11.3 Å². The Morgan fingerprint density at radius 2 is 2.17 bits per heavy atom. The molecule has 8 nitrogen and oxygen atoms in total. The van der Waals surface area contributed by atoms with E-state index in [1.807, 2.05) is 29.2 Å². The fourth-order valence-corrected chi connectivity index (χ4v) is 3.72. The number of aromatic nitrogens is 5. The van der Waals surface area contributed by atoms with Crippen LogP contribution in [0.15, 0.2) is 46.8 Å². The Morgan fingerprint density at radius 3 is 2.83 bits per heavy atom. The van der Waals surface area contributed by atoms with E-state index >= 15 is 0 Å². The predicted molar refractivity (Wildman–Crippen MR) is 114 cm³/mol. The first-order valence-corrected chi connectivity index (χ1v) is 10.4. The molecule has 3 heterocycles. The van der Waals surface area contributed by atoms with Gasteiger partial charge in [0.2, 0.25) is 5.91 Å². The molecular weight excluding hydrogens is 388 g/mol. The number of nitrogens with one attached hydrogen (secondary N) is 1. The third-order valence-corrected chi connectivity index (χ3v) is 5.79. The van der Waals surface area contributed by atoms with E-state index in [4.69, 9.17) is 4.42 Å². The van der Waals surface area contributed by atoms with Crippen LogP contribution in [0.3, 0.4) is 0 Å². The van der Waals surface area contributed by atoms with Gasteiger partial charge < -0.3 is 9.73 Å². The Hall–Kier alpha value is -2.81. The highest BCUT2D eigenvalue weighted by molar-refractivity contribution is 8.00. The molecule has 0 unspecified atom stereocenters. The summed E-state index contributed by atoms with van der Waals surface area (Å²) in [7, 11) is 0. The highest BCUT2D eigenvalue weighted by Gasteiger charge is 2.23. The maximum absolute atomic E-state index is 12.8. The van der Waals surface area contributed by atoms with Gasteiger partial charge in [0.05, 0.1) is 29.3 Å². The van der Waals surface area contributed by atoms with Crippen LogP contribution < -0.4 is 5.32 Å². The SMILES string of the molecule is C=CCn1c(S[C@H](C)C(=O)Nc2ccnn2[C@H](C)CC)nnc1-c1ccoc1C. The third kappa shape index (κ3) is 4.45. The molecule has 1 amide bonds. The van der Waals surface area contributed by atoms with Crippen molar-refractivity contribution in [1.29, 1.82) is 0 Å². The number of furan rings is 1. The van der Waals surface area contributed by atoms with Crippen molar-refractivity contribution in [2.24, 2.45) is 0 Å². The van der Waals surface area contributed by atoms with Crippen LogP contribution in [0.4, 0.5) is 5.82 Å². The summed E-state index contributed by atoms with van der Waals surface area (Å²) in [6.45, 7) is 12.2. The van der Waals surface area contributed by atoms with Crippen molar-refractivity contribution in [3.63, 3.8) is 0 Å². The van der Waals surface area contributed by atoms with Gasteiger partial charge in [-0.1, -0.05) is 24.8 Å². The summed E-state index contributed by atoms with van der Waals surface area (Å²) in [5.41, 5.74) is 0.876. The van der Waals surface area contributed by atoms with Crippen LogP contribution in [0, 0.1) is 6.92 Å². The van der Waals surface area contributed by atoms with Crippen LogP contribution in [-0.4, -0.2) is 35.7 Å². The Labute approximate surface area is 174 Å². The number of thioether (sulfide) groups is 1. The number of amides is 1. The lowest BCUT2D eigenvalue weighted by molar-refractivity contribution is -0.115. The van der Waals surface area contributed by atoms with E-state index in [0.29, 0.717) is 23.3 Å². The second-order valence-corrected chi connectivity index (χ2v) is 8.07. The molecule has 0 saturated carbocycles. The summed E-state index contributed by atoms with van der Waals surface area (Å²) in [6, 6.07) is 3.88. The molecule has 154 valence electrons. The summed E-state index contributed by atoms with van der Waals surface area (Å²) < 4.78 is 9.15. The highest BCUT2D eigenvalue weighted by atomic mass is 32.2. The lowest BCUT2D eigenvalue weighted by Crippen LogP contribution is -2.25. The van der Waals surface area contributed by atoms with Gasteiger partial charge in [-0.3, -0.25) is 9.36 Å². The number of hydrogen-bond acceptors (Lipinski definition) is 6. The van der Waals surface area contributed by atoms with E-state index < -0.39 is 0 Å². The molecule has 1 N–H and O–H groups in total. The van der Waals surface area contributed by atoms with Crippen molar-refractivity contribution in [1.82, 2.24) is 24.5 Å². The lowest BCUT2D eigenvalue weighted by Gasteiger charge is -2.16. The fraction of sp³-hybridized carbons (Fsp3) is 0.400. The molecule has 2 atom stereocenters. The molecule has 0 fully saturated rings. The maximum Gasteiger partial charge on any atom is 0.238 e. The van der Waals surface area contributed by atoms with Gasteiger partial charge in [0.25, 0.3) is 0 Å². The molecule has 0 aliphatic carbocycles.